The van der Waals surface area contributed by atoms with Gasteiger partial charge in [-0.05, 0) is 23.8 Å². The molecule has 2 aromatic rings. The first-order valence-corrected chi connectivity index (χ1v) is 11.4. The Bertz CT molecular complexity index is 1040. The van der Waals surface area contributed by atoms with Gasteiger partial charge in [-0.25, -0.2) is 12.8 Å². The molecule has 0 radical (unpaired) electrons. The summed E-state index contributed by atoms with van der Waals surface area (Å²) in [5.74, 6) is -0.761. The second-order valence-corrected chi connectivity index (χ2v) is 10.4. The van der Waals surface area contributed by atoms with E-state index < -0.39 is 21.3 Å². The molecule has 0 bridgehead atoms. The fraction of sp³-hybridized carbons (Fsp3) is 0.409. The second-order valence-electron chi connectivity index (χ2n) is 8.46. The molecule has 8 heteroatoms. The van der Waals surface area contributed by atoms with Gasteiger partial charge in [0, 0.05) is 52.7 Å². The van der Waals surface area contributed by atoms with E-state index in [2.05, 4.69) is 17.0 Å². The highest BCUT2D eigenvalue weighted by atomic mass is 32.2. The Balaban J connectivity index is 1.61. The Hall–Kier alpha value is -2.29. The molecular formula is C22H26FN3O3S. The van der Waals surface area contributed by atoms with E-state index in [9.17, 15) is 17.6 Å². The molecule has 0 aliphatic carbocycles. The zero-order valence-corrected chi connectivity index (χ0v) is 18.0. The van der Waals surface area contributed by atoms with E-state index in [-0.39, 0.29) is 29.8 Å². The molecule has 160 valence electrons. The molecule has 2 atom stereocenters. The molecule has 1 amide bonds. The zero-order valence-electron chi connectivity index (χ0n) is 17.2. The summed E-state index contributed by atoms with van der Waals surface area (Å²) in [4.78, 5) is 16.9. The zero-order chi connectivity index (χ0) is 21.5. The number of sulfonamides is 1. The Morgan fingerprint density at radius 3 is 2.50 bits per heavy atom. The van der Waals surface area contributed by atoms with Crippen LogP contribution in [0.25, 0.3) is 0 Å². The van der Waals surface area contributed by atoms with Crippen LogP contribution < -0.4 is 0 Å². The standard InChI is InChI=1S/C22H26FN3O3S/c1-24(2)21(27)22-15-25(12-17-7-4-3-5-8-17)13-18(22)14-26(16-22)30(28,29)20-10-6-9-19(23)11-20/h3-11,18H,12-16H2,1-2H3/t18-,22-/m0/s1. The lowest BCUT2D eigenvalue weighted by Crippen LogP contribution is -2.47. The maximum atomic E-state index is 13.6. The first kappa shape index (κ1) is 21.0. The molecule has 30 heavy (non-hydrogen) atoms. The number of carbonyl (C=O) groups excluding carboxylic acids is 1. The van der Waals surface area contributed by atoms with Crippen LogP contribution in [0.1, 0.15) is 5.56 Å². The van der Waals surface area contributed by atoms with Gasteiger partial charge in [-0.15, -0.1) is 0 Å². The molecule has 0 unspecified atom stereocenters. The fourth-order valence-electron chi connectivity index (χ4n) is 4.79. The summed E-state index contributed by atoms with van der Waals surface area (Å²) in [6, 6.07) is 15.1. The van der Waals surface area contributed by atoms with E-state index in [0.29, 0.717) is 13.1 Å². The minimum absolute atomic E-state index is 0.0556. The van der Waals surface area contributed by atoms with Gasteiger partial charge >= 0.3 is 0 Å². The van der Waals surface area contributed by atoms with Gasteiger partial charge in [0.25, 0.3) is 0 Å². The number of halogens is 1. The molecule has 0 saturated carbocycles. The molecule has 0 spiro atoms. The highest BCUT2D eigenvalue weighted by Crippen LogP contribution is 2.45. The summed E-state index contributed by atoms with van der Waals surface area (Å²) in [6.45, 7) is 2.22. The summed E-state index contributed by atoms with van der Waals surface area (Å²) in [7, 11) is -0.461. The van der Waals surface area contributed by atoms with Gasteiger partial charge in [0.05, 0.1) is 10.3 Å². The lowest BCUT2D eigenvalue weighted by atomic mass is 9.80. The van der Waals surface area contributed by atoms with Crippen molar-refractivity contribution in [2.24, 2.45) is 11.3 Å². The number of nitrogens with zero attached hydrogens (tertiary/aromatic N) is 3. The number of likely N-dealkylation sites (tertiary alicyclic amines) is 1. The van der Waals surface area contributed by atoms with Crippen molar-refractivity contribution in [3.05, 3.63) is 66.0 Å². The van der Waals surface area contributed by atoms with Crippen LogP contribution in [0, 0.1) is 17.2 Å². The summed E-state index contributed by atoms with van der Waals surface area (Å²) in [5, 5.41) is 0. The number of fused-ring (bicyclic) bond motifs is 1. The van der Waals surface area contributed by atoms with Gasteiger partial charge < -0.3 is 4.90 Å². The van der Waals surface area contributed by atoms with E-state index in [1.165, 1.54) is 22.5 Å². The maximum Gasteiger partial charge on any atom is 0.243 e. The van der Waals surface area contributed by atoms with Crippen LogP contribution >= 0.6 is 0 Å². The molecule has 0 aromatic heterocycles. The van der Waals surface area contributed by atoms with Gasteiger partial charge in [0.1, 0.15) is 5.82 Å². The third-order valence-corrected chi connectivity index (χ3v) is 7.97. The molecule has 4 rings (SSSR count). The average Bonchev–Trinajstić information content (AvgIpc) is 3.23. The molecule has 2 heterocycles. The quantitative estimate of drug-likeness (QED) is 0.727. The van der Waals surface area contributed by atoms with Crippen molar-refractivity contribution in [1.82, 2.24) is 14.1 Å². The van der Waals surface area contributed by atoms with Crippen LogP contribution in [0.5, 0.6) is 0 Å². The number of benzene rings is 2. The van der Waals surface area contributed by atoms with E-state index >= 15 is 0 Å². The number of hydrogen-bond acceptors (Lipinski definition) is 4. The van der Waals surface area contributed by atoms with E-state index in [4.69, 9.17) is 0 Å². The fourth-order valence-corrected chi connectivity index (χ4v) is 6.38. The number of carbonyl (C=O) groups is 1. The minimum Gasteiger partial charge on any atom is -0.348 e. The first-order valence-electron chi connectivity index (χ1n) is 9.96. The minimum atomic E-state index is -3.87. The van der Waals surface area contributed by atoms with E-state index in [1.54, 1.807) is 19.0 Å². The van der Waals surface area contributed by atoms with Crippen LogP contribution in [0.3, 0.4) is 0 Å². The smallest absolute Gasteiger partial charge is 0.243 e. The van der Waals surface area contributed by atoms with Crippen molar-refractivity contribution in [3.63, 3.8) is 0 Å². The van der Waals surface area contributed by atoms with E-state index in [1.807, 2.05) is 18.2 Å². The Kier molecular flexibility index (Phi) is 5.42. The third-order valence-electron chi connectivity index (χ3n) is 6.16. The van der Waals surface area contributed by atoms with Crippen molar-refractivity contribution in [2.75, 3.05) is 40.3 Å². The van der Waals surface area contributed by atoms with Crippen molar-refractivity contribution >= 4 is 15.9 Å². The molecular weight excluding hydrogens is 405 g/mol. The topological polar surface area (TPSA) is 60.9 Å². The highest BCUT2D eigenvalue weighted by Gasteiger charge is 2.59. The van der Waals surface area contributed by atoms with Gasteiger partial charge in [-0.3, -0.25) is 9.69 Å². The van der Waals surface area contributed by atoms with Crippen LogP contribution in [-0.4, -0.2) is 68.7 Å². The molecule has 2 fully saturated rings. The monoisotopic (exact) mass is 431 g/mol. The van der Waals surface area contributed by atoms with Gasteiger partial charge in [-0.2, -0.15) is 4.31 Å². The summed E-state index contributed by atoms with van der Waals surface area (Å²) < 4.78 is 41.3. The molecule has 0 N–H and O–H groups in total. The highest BCUT2D eigenvalue weighted by molar-refractivity contribution is 7.89. The molecule has 2 aliphatic heterocycles. The average molecular weight is 432 g/mol. The van der Waals surface area contributed by atoms with Crippen molar-refractivity contribution < 1.29 is 17.6 Å². The Morgan fingerprint density at radius 2 is 1.83 bits per heavy atom. The third kappa shape index (κ3) is 3.64. The van der Waals surface area contributed by atoms with Crippen molar-refractivity contribution in [3.8, 4) is 0 Å². The first-order chi connectivity index (χ1) is 14.2. The number of rotatable bonds is 5. The van der Waals surface area contributed by atoms with Crippen molar-refractivity contribution in [2.45, 2.75) is 11.4 Å². The molecule has 2 saturated heterocycles. The van der Waals surface area contributed by atoms with Crippen molar-refractivity contribution in [1.29, 1.82) is 0 Å². The Labute approximate surface area is 176 Å². The van der Waals surface area contributed by atoms with Gasteiger partial charge in [-0.1, -0.05) is 36.4 Å². The summed E-state index contributed by atoms with van der Waals surface area (Å²) >= 11 is 0. The molecule has 2 aliphatic rings. The molecule has 6 nitrogen and oxygen atoms in total. The number of amides is 1. The summed E-state index contributed by atoms with van der Waals surface area (Å²) in [6.07, 6.45) is 0. The van der Waals surface area contributed by atoms with Crippen LogP contribution in [0.4, 0.5) is 4.39 Å². The predicted molar refractivity (Wildman–Crippen MR) is 111 cm³/mol. The van der Waals surface area contributed by atoms with Crippen LogP contribution in [-0.2, 0) is 21.4 Å². The van der Waals surface area contributed by atoms with Gasteiger partial charge in [0.15, 0.2) is 0 Å². The van der Waals surface area contributed by atoms with Crippen LogP contribution in [0.15, 0.2) is 59.5 Å². The van der Waals surface area contributed by atoms with Gasteiger partial charge in [0.2, 0.25) is 15.9 Å². The lowest BCUT2D eigenvalue weighted by Gasteiger charge is -2.31. The Morgan fingerprint density at radius 1 is 1.10 bits per heavy atom. The maximum absolute atomic E-state index is 13.6. The normalized spacial score (nSPS) is 24.7. The lowest BCUT2D eigenvalue weighted by molar-refractivity contribution is -0.139. The number of hydrogen-bond donors (Lipinski definition) is 0. The predicted octanol–water partition coefficient (Wildman–Crippen LogP) is 2.04. The largest absolute Gasteiger partial charge is 0.348 e. The second kappa shape index (κ2) is 7.76. The van der Waals surface area contributed by atoms with Crippen LogP contribution in [0.2, 0.25) is 0 Å². The van der Waals surface area contributed by atoms with E-state index in [0.717, 1.165) is 18.2 Å². The summed E-state index contributed by atoms with van der Waals surface area (Å²) in [5.41, 5.74) is 0.368. The SMILES string of the molecule is CN(C)C(=O)[C@]12CN(Cc3ccccc3)C[C@H]1CN(S(=O)(=O)c1cccc(F)c1)C2. The molecule has 2 aromatic carbocycles.